The Balaban J connectivity index is 1.62. The van der Waals surface area contributed by atoms with Crippen molar-refractivity contribution in [2.45, 2.75) is 32.1 Å². The van der Waals surface area contributed by atoms with Gasteiger partial charge < -0.3 is 10.6 Å². The number of nitrogens with zero attached hydrogens (tertiary/aromatic N) is 1. The van der Waals surface area contributed by atoms with Crippen LogP contribution in [0, 0.1) is 11.3 Å². The number of carbonyl (C=O) groups excluding carboxylic acids is 1. The Morgan fingerprint density at radius 2 is 1.81 bits per heavy atom. The molecule has 0 bridgehead atoms. The fourth-order valence-electron chi connectivity index (χ4n) is 4.42. The van der Waals surface area contributed by atoms with E-state index in [9.17, 15) is 4.79 Å². The van der Waals surface area contributed by atoms with Gasteiger partial charge in [-0.2, -0.15) is 0 Å². The quantitative estimate of drug-likeness (QED) is 0.861. The summed E-state index contributed by atoms with van der Waals surface area (Å²) in [6, 6.07) is 18.9. The van der Waals surface area contributed by atoms with Gasteiger partial charge in [-0.1, -0.05) is 54.6 Å². The van der Waals surface area contributed by atoms with E-state index in [-0.39, 0.29) is 5.91 Å². The van der Waals surface area contributed by atoms with Crippen molar-refractivity contribution in [1.29, 1.82) is 0 Å². The summed E-state index contributed by atoms with van der Waals surface area (Å²) < 4.78 is 0. The second-order valence-corrected chi connectivity index (χ2v) is 8.13. The Labute approximate surface area is 156 Å². The molecule has 1 atom stereocenters. The molecular formula is C23H28N2O. The number of nitrogens with two attached hydrogens (primary N) is 1. The summed E-state index contributed by atoms with van der Waals surface area (Å²) in [4.78, 5) is 15.1. The number of carbonyl (C=O) groups is 1. The lowest BCUT2D eigenvalue weighted by Crippen LogP contribution is -2.52. The molecule has 1 saturated carbocycles. The zero-order valence-corrected chi connectivity index (χ0v) is 15.4. The van der Waals surface area contributed by atoms with E-state index in [0.29, 0.717) is 0 Å². The molecule has 2 fully saturated rings. The number of hydrogen-bond acceptors (Lipinski definition) is 2. The van der Waals surface area contributed by atoms with E-state index in [1.165, 1.54) is 29.5 Å². The molecule has 1 saturated heterocycles. The molecule has 1 aliphatic carbocycles. The van der Waals surface area contributed by atoms with Crippen LogP contribution in [0.1, 0.15) is 31.2 Å². The highest BCUT2D eigenvalue weighted by atomic mass is 16.1. The van der Waals surface area contributed by atoms with Crippen molar-refractivity contribution in [3.05, 3.63) is 60.2 Å². The molecule has 1 amide bonds. The van der Waals surface area contributed by atoms with E-state index in [0.717, 1.165) is 44.8 Å². The summed E-state index contributed by atoms with van der Waals surface area (Å²) in [7, 11) is 0. The SMILES string of the molecule is NC(=O)C1(Cc2ccccc2-c2ccccc2)CCCN(CC2CC2)C1. The smallest absolute Gasteiger partial charge is 0.225 e. The highest BCUT2D eigenvalue weighted by Gasteiger charge is 2.42. The van der Waals surface area contributed by atoms with Crippen molar-refractivity contribution in [3.63, 3.8) is 0 Å². The molecule has 3 nitrogen and oxygen atoms in total. The highest BCUT2D eigenvalue weighted by molar-refractivity contribution is 5.82. The van der Waals surface area contributed by atoms with Gasteiger partial charge >= 0.3 is 0 Å². The van der Waals surface area contributed by atoms with Gasteiger partial charge in [0, 0.05) is 13.1 Å². The second-order valence-electron chi connectivity index (χ2n) is 8.13. The lowest BCUT2D eigenvalue weighted by atomic mass is 9.73. The fourth-order valence-corrected chi connectivity index (χ4v) is 4.42. The van der Waals surface area contributed by atoms with Gasteiger partial charge in [-0.3, -0.25) is 4.79 Å². The van der Waals surface area contributed by atoms with Crippen LogP contribution in [0.25, 0.3) is 11.1 Å². The first-order chi connectivity index (χ1) is 12.7. The van der Waals surface area contributed by atoms with Crippen molar-refractivity contribution in [2.75, 3.05) is 19.6 Å². The lowest BCUT2D eigenvalue weighted by Gasteiger charge is -2.41. The third-order valence-corrected chi connectivity index (χ3v) is 6.02. The van der Waals surface area contributed by atoms with Gasteiger partial charge in [0.1, 0.15) is 0 Å². The van der Waals surface area contributed by atoms with Gasteiger partial charge in [0.2, 0.25) is 5.91 Å². The van der Waals surface area contributed by atoms with Gasteiger partial charge in [0.05, 0.1) is 5.41 Å². The van der Waals surface area contributed by atoms with Crippen molar-refractivity contribution in [1.82, 2.24) is 4.90 Å². The Kier molecular flexibility index (Phi) is 4.82. The van der Waals surface area contributed by atoms with Crippen LogP contribution in [0.2, 0.25) is 0 Å². The molecule has 1 unspecified atom stereocenters. The summed E-state index contributed by atoms with van der Waals surface area (Å²) in [5.74, 6) is 0.705. The molecule has 0 radical (unpaired) electrons. The molecule has 26 heavy (non-hydrogen) atoms. The van der Waals surface area contributed by atoms with Crippen LogP contribution in [0.4, 0.5) is 0 Å². The van der Waals surface area contributed by atoms with Gasteiger partial charge in [0.15, 0.2) is 0 Å². The predicted octanol–water partition coefficient (Wildman–Crippen LogP) is 3.87. The molecule has 1 heterocycles. The summed E-state index contributed by atoms with van der Waals surface area (Å²) in [6.07, 6.45) is 5.37. The molecule has 136 valence electrons. The van der Waals surface area contributed by atoms with Crippen LogP contribution in [-0.4, -0.2) is 30.4 Å². The number of piperidine rings is 1. The third kappa shape index (κ3) is 3.68. The first-order valence-electron chi connectivity index (χ1n) is 9.82. The van der Waals surface area contributed by atoms with Crippen LogP contribution >= 0.6 is 0 Å². The van der Waals surface area contributed by atoms with Gasteiger partial charge in [-0.05, 0) is 61.3 Å². The molecule has 2 aliphatic rings. The number of amides is 1. The maximum atomic E-state index is 12.6. The Morgan fingerprint density at radius 3 is 2.54 bits per heavy atom. The largest absolute Gasteiger partial charge is 0.369 e. The number of hydrogen-bond donors (Lipinski definition) is 1. The molecule has 2 aromatic rings. The third-order valence-electron chi connectivity index (χ3n) is 6.02. The van der Waals surface area contributed by atoms with Crippen LogP contribution < -0.4 is 5.73 Å². The standard InChI is InChI=1S/C23H28N2O/c24-22(26)23(13-6-14-25(17-23)16-18-11-12-18)15-20-9-4-5-10-21(20)19-7-2-1-3-8-19/h1-5,7-10,18H,6,11-17H2,(H2,24,26). The number of likely N-dealkylation sites (tertiary alicyclic amines) is 1. The number of primary amides is 1. The number of rotatable bonds is 6. The van der Waals surface area contributed by atoms with Crippen molar-refractivity contribution < 1.29 is 4.79 Å². The minimum atomic E-state index is -0.446. The summed E-state index contributed by atoms with van der Waals surface area (Å²) >= 11 is 0. The Hall–Kier alpha value is -2.13. The van der Waals surface area contributed by atoms with Gasteiger partial charge in [-0.25, -0.2) is 0 Å². The van der Waals surface area contributed by atoms with Gasteiger partial charge in [0.25, 0.3) is 0 Å². The first kappa shape index (κ1) is 17.3. The number of benzene rings is 2. The second kappa shape index (κ2) is 7.24. The molecule has 2 N–H and O–H groups in total. The van der Waals surface area contributed by atoms with Crippen molar-refractivity contribution in [3.8, 4) is 11.1 Å². The first-order valence-corrected chi connectivity index (χ1v) is 9.82. The Morgan fingerprint density at radius 1 is 1.08 bits per heavy atom. The minimum Gasteiger partial charge on any atom is -0.369 e. The lowest BCUT2D eigenvalue weighted by molar-refractivity contribution is -0.131. The average Bonchev–Trinajstić information content (AvgIpc) is 3.47. The molecule has 4 rings (SSSR count). The van der Waals surface area contributed by atoms with Crippen LogP contribution in [0.5, 0.6) is 0 Å². The van der Waals surface area contributed by atoms with Crippen LogP contribution in [0.15, 0.2) is 54.6 Å². The monoisotopic (exact) mass is 348 g/mol. The van der Waals surface area contributed by atoms with Crippen molar-refractivity contribution >= 4 is 5.91 Å². The Bertz CT molecular complexity index is 769. The summed E-state index contributed by atoms with van der Waals surface area (Å²) in [6.45, 7) is 3.04. The minimum absolute atomic E-state index is 0.138. The van der Waals surface area contributed by atoms with E-state index in [1.54, 1.807) is 0 Å². The summed E-state index contributed by atoms with van der Waals surface area (Å²) in [5.41, 5.74) is 9.18. The molecule has 1 aliphatic heterocycles. The fraction of sp³-hybridized carbons (Fsp3) is 0.435. The van der Waals surface area contributed by atoms with Crippen LogP contribution in [0.3, 0.4) is 0 Å². The normalized spacial score (nSPS) is 23.7. The zero-order valence-electron chi connectivity index (χ0n) is 15.4. The maximum Gasteiger partial charge on any atom is 0.225 e. The highest BCUT2D eigenvalue weighted by Crippen LogP contribution is 2.38. The molecule has 3 heteroatoms. The molecule has 0 aromatic heterocycles. The summed E-state index contributed by atoms with van der Waals surface area (Å²) in [5, 5.41) is 0. The predicted molar refractivity (Wildman–Crippen MR) is 106 cm³/mol. The molecular weight excluding hydrogens is 320 g/mol. The van der Waals surface area contributed by atoms with E-state index in [2.05, 4.69) is 53.4 Å². The zero-order chi connectivity index (χ0) is 18.0. The average molecular weight is 348 g/mol. The van der Waals surface area contributed by atoms with E-state index >= 15 is 0 Å². The van der Waals surface area contributed by atoms with Crippen LogP contribution in [-0.2, 0) is 11.2 Å². The van der Waals surface area contributed by atoms with Crippen molar-refractivity contribution in [2.24, 2.45) is 17.1 Å². The maximum absolute atomic E-state index is 12.6. The van der Waals surface area contributed by atoms with Gasteiger partial charge in [-0.15, -0.1) is 0 Å². The molecule has 2 aromatic carbocycles. The van der Waals surface area contributed by atoms with E-state index in [1.807, 2.05) is 6.07 Å². The van der Waals surface area contributed by atoms with E-state index < -0.39 is 5.41 Å². The van der Waals surface area contributed by atoms with E-state index in [4.69, 9.17) is 5.73 Å². The molecule has 0 spiro atoms. The topological polar surface area (TPSA) is 46.3 Å².